The van der Waals surface area contributed by atoms with E-state index in [9.17, 15) is 5.11 Å². The largest absolute Gasteiger partial charge is 0.491 e. The van der Waals surface area contributed by atoms with Crippen LogP contribution in [0.1, 0.15) is 37.5 Å². The Morgan fingerprint density at radius 3 is 2.93 bits per heavy atom. The second kappa shape index (κ2) is 3.62. The van der Waals surface area contributed by atoms with Crippen molar-refractivity contribution in [3.05, 3.63) is 29.3 Å². The van der Waals surface area contributed by atoms with Crippen molar-refractivity contribution in [2.75, 3.05) is 0 Å². The van der Waals surface area contributed by atoms with Gasteiger partial charge in [0.15, 0.2) is 0 Å². The van der Waals surface area contributed by atoms with E-state index in [-0.39, 0.29) is 12.2 Å². The Bertz CT molecular complexity index is 331. The molecule has 0 radical (unpaired) electrons. The van der Waals surface area contributed by atoms with Crippen molar-refractivity contribution in [1.82, 2.24) is 0 Å². The van der Waals surface area contributed by atoms with Crippen LogP contribution >= 0.6 is 0 Å². The highest BCUT2D eigenvalue weighted by atomic mass is 16.5. The monoisotopic (exact) mass is 192 g/mol. The van der Waals surface area contributed by atoms with Crippen molar-refractivity contribution < 1.29 is 9.84 Å². The van der Waals surface area contributed by atoms with Gasteiger partial charge in [0.25, 0.3) is 0 Å². The lowest BCUT2D eigenvalue weighted by Gasteiger charge is -2.11. The fraction of sp³-hybridized carbons (Fsp3) is 0.500. The van der Waals surface area contributed by atoms with Crippen LogP contribution in [-0.2, 0) is 6.42 Å². The molecular formula is C12H16O2. The maximum atomic E-state index is 9.61. The fourth-order valence-corrected chi connectivity index (χ4v) is 1.92. The summed E-state index contributed by atoms with van der Waals surface area (Å²) in [4.78, 5) is 0. The highest BCUT2D eigenvalue weighted by Crippen LogP contribution is 2.33. The lowest BCUT2D eigenvalue weighted by molar-refractivity contribution is 0.180. The summed E-state index contributed by atoms with van der Waals surface area (Å²) in [6, 6.07) is 5.96. The molecule has 0 heterocycles. The summed E-state index contributed by atoms with van der Waals surface area (Å²) in [6.07, 6.45) is 1.75. The molecule has 1 unspecified atom stereocenters. The zero-order valence-electron chi connectivity index (χ0n) is 8.66. The van der Waals surface area contributed by atoms with Gasteiger partial charge >= 0.3 is 0 Å². The van der Waals surface area contributed by atoms with Crippen LogP contribution in [0.15, 0.2) is 18.2 Å². The van der Waals surface area contributed by atoms with Gasteiger partial charge in [-0.15, -0.1) is 0 Å². The highest BCUT2D eigenvalue weighted by Gasteiger charge is 2.20. The molecular weight excluding hydrogens is 176 g/mol. The highest BCUT2D eigenvalue weighted by molar-refractivity contribution is 5.39. The van der Waals surface area contributed by atoms with Gasteiger partial charge in [0.1, 0.15) is 5.75 Å². The van der Waals surface area contributed by atoms with Crippen molar-refractivity contribution in [3.8, 4) is 5.75 Å². The lowest BCUT2D eigenvalue weighted by atomic mass is 10.1. The number of hydrogen-bond donors (Lipinski definition) is 1. The molecule has 1 aromatic carbocycles. The van der Waals surface area contributed by atoms with Crippen molar-refractivity contribution in [2.24, 2.45) is 0 Å². The molecule has 76 valence electrons. The Kier molecular flexibility index (Phi) is 2.46. The zero-order chi connectivity index (χ0) is 10.1. The molecule has 2 nitrogen and oxygen atoms in total. The maximum Gasteiger partial charge on any atom is 0.119 e. The van der Waals surface area contributed by atoms with Crippen LogP contribution in [0.4, 0.5) is 0 Å². The molecule has 0 fully saturated rings. The van der Waals surface area contributed by atoms with Crippen molar-refractivity contribution in [1.29, 1.82) is 0 Å². The first kappa shape index (κ1) is 9.53. The zero-order valence-corrected chi connectivity index (χ0v) is 8.66. The first-order valence-corrected chi connectivity index (χ1v) is 5.14. The van der Waals surface area contributed by atoms with Crippen LogP contribution in [0, 0.1) is 0 Å². The maximum absolute atomic E-state index is 9.61. The molecule has 0 aliphatic heterocycles. The van der Waals surface area contributed by atoms with Crippen molar-refractivity contribution >= 4 is 0 Å². The topological polar surface area (TPSA) is 29.5 Å². The first-order chi connectivity index (χ1) is 6.66. The van der Waals surface area contributed by atoms with Gasteiger partial charge in [0.05, 0.1) is 12.2 Å². The van der Waals surface area contributed by atoms with E-state index in [1.807, 2.05) is 32.0 Å². The van der Waals surface area contributed by atoms with E-state index in [1.54, 1.807) is 0 Å². The van der Waals surface area contributed by atoms with Gasteiger partial charge in [-0.1, -0.05) is 6.07 Å². The smallest absolute Gasteiger partial charge is 0.119 e. The molecule has 1 aliphatic rings. The van der Waals surface area contributed by atoms with Gasteiger partial charge in [-0.2, -0.15) is 0 Å². The van der Waals surface area contributed by atoms with Crippen LogP contribution < -0.4 is 4.74 Å². The summed E-state index contributed by atoms with van der Waals surface area (Å²) >= 11 is 0. The number of aryl methyl sites for hydroxylation is 1. The third kappa shape index (κ3) is 1.75. The predicted molar refractivity (Wildman–Crippen MR) is 55.5 cm³/mol. The van der Waals surface area contributed by atoms with Crippen LogP contribution in [-0.4, -0.2) is 11.2 Å². The average molecular weight is 192 g/mol. The number of aliphatic hydroxyl groups excluding tert-OH is 1. The van der Waals surface area contributed by atoms with Gasteiger partial charge in [-0.05, 0) is 49.9 Å². The van der Waals surface area contributed by atoms with E-state index < -0.39 is 0 Å². The molecule has 1 aromatic rings. The Morgan fingerprint density at radius 1 is 1.43 bits per heavy atom. The van der Waals surface area contributed by atoms with Crippen LogP contribution in [0.3, 0.4) is 0 Å². The Hall–Kier alpha value is -1.02. The minimum atomic E-state index is -0.266. The summed E-state index contributed by atoms with van der Waals surface area (Å²) in [6.45, 7) is 4.03. The predicted octanol–water partition coefficient (Wildman–Crippen LogP) is 2.45. The molecule has 1 N–H and O–H groups in total. The summed E-state index contributed by atoms with van der Waals surface area (Å²) in [7, 11) is 0. The molecule has 1 aliphatic carbocycles. The Labute approximate surface area is 84.5 Å². The van der Waals surface area contributed by atoms with Crippen LogP contribution in [0.2, 0.25) is 0 Å². The van der Waals surface area contributed by atoms with Crippen molar-refractivity contribution in [3.63, 3.8) is 0 Å². The Morgan fingerprint density at radius 2 is 2.21 bits per heavy atom. The third-order valence-electron chi connectivity index (χ3n) is 2.53. The summed E-state index contributed by atoms with van der Waals surface area (Å²) in [5, 5.41) is 9.61. The molecule has 0 spiro atoms. The molecule has 0 bridgehead atoms. The second-order valence-electron chi connectivity index (χ2n) is 4.08. The number of aliphatic hydroxyl groups is 1. The third-order valence-corrected chi connectivity index (χ3v) is 2.53. The first-order valence-electron chi connectivity index (χ1n) is 5.14. The number of benzene rings is 1. The quantitative estimate of drug-likeness (QED) is 0.780. The van der Waals surface area contributed by atoms with E-state index >= 15 is 0 Å². The SMILES string of the molecule is CC(C)Oc1ccc2c(c1)CCC2O. The number of ether oxygens (including phenoxy) is 1. The normalized spacial score (nSPS) is 19.9. The standard InChI is InChI=1S/C12H16O2/c1-8(2)14-10-4-5-11-9(7-10)3-6-12(11)13/h4-5,7-8,12-13H,3,6H2,1-2H3. The van der Waals surface area contributed by atoms with Gasteiger partial charge < -0.3 is 9.84 Å². The van der Waals surface area contributed by atoms with E-state index in [1.165, 1.54) is 5.56 Å². The molecule has 1 atom stereocenters. The molecule has 0 saturated heterocycles. The van der Waals surface area contributed by atoms with Gasteiger partial charge in [0, 0.05) is 0 Å². The molecule has 0 aromatic heterocycles. The number of hydrogen-bond acceptors (Lipinski definition) is 2. The van der Waals surface area contributed by atoms with Crippen LogP contribution in [0.5, 0.6) is 5.75 Å². The Balaban J connectivity index is 2.24. The fourth-order valence-electron chi connectivity index (χ4n) is 1.92. The molecule has 2 rings (SSSR count). The van der Waals surface area contributed by atoms with Crippen molar-refractivity contribution in [2.45, 2.75) is 38.9 Å². The van der Waals surface area contributed by atoms with Gasteiger partial charge in [0.2, 0.25) is 0 Å². The van der Waals surface area contributed by atoms with E-state index in [0.29, 0.717) is 0 Å². The van der Waals surface area contributed by atoms with Gasteiger partial charge in [-0.3, -0.25) is 0 Å². The van der Waals surface area contributed by atoms with Crippen LogP contribution in [0.25, 0.3) is 0 Å². The second-order valence-corrected chi connectivity index (χ2v) is 4.08. The minimum Gasteiger partial charge on any atom is -0.491 e. The summed E-state index contributed by atoms with van der Waals surface area (Å²) < 4.78 is 5.59. The van der Waals surface area contributed by atoms with E-state index in [4.69, 9.17) is 4.74 Å². The summed E-state index contributed by atoms with van der Waals surface area (Å²) in [5.41, 5.74) is 2.30. The summed E-state index contributed by atoms with van der Waals surface area (Å²) in [5.74, 6) is 0.910. The molecule has 14 heavy (non-hydrogen) atoms. The van der Waals surface area contributed by atoms with E-state index in [2.05, 4.69) is 0 Å². The number of fused-ring (bicyclic) bond motifs is 1. The van der Waals surface area contributed by atoms with Gasteiger partial charge in [-0.25, -0.2) is 0 Å². The lowest BCUT2D eigenvalue weighted by Crippen LogP contribution is -2.05. The average Bonchev–Trinajstić information content (AvgIpc) is 2.46. The molecule has 0 saturated carbocycles. The molecule has 0 amide bonds. The molecule has 2 heteroatoms. The number of rotatable bonds is 2. The minimum absolute atomic E-state index is 0.208. The van der Waals surface area contributed by atoms with E-state index in [0.717, 1.165) is 24.2 Å².